The lowest BCUT2D eigenvalue weighted by molar-refractivity contribution is -0.0989. The van der Waals surface area contributed by atoms with E-state index in [9.17, 15) is 0 Å². The molecular formula is C12H18ClNO2. The predicted octanol–water partition coefficient (Wildman–Crippen LogP) is 2.36. The number of nitrogens with one attached hydrogen (secondary N) is 1. The molecule has 0 aliphatic carbocycles. The van der Waals surface area contributed by atoms with E-state index < -0.39 is 0 Å². The molecule has 0 aliphatic heterocycles. The van der Waals surface area contributed by atoms with E-state index in [1.54, 1.807) is 14.2 Å². The van der Waals surface area contributed by atoms with Crippen molar-refractivity contribution in [2.24, 2.45) is 0 Å². The minimum absolute atomic E-state index is 0.207. The van der Waals surface area contributed by atoms with Crippen LogP contribution >= 0.6 is 11.6 Å². The predicted molar refractivity (Wildman–Crippen MR) is 65.7 cm³/mol. The fourth-order valence-corrected chi connectivity index (χ4v) is 1.55. The second-order valence-corrected chi connectivity index (χ2v) is 4.02. The minimum atomic E-state index is -0.207. The zero-order valence-corrected chi connectivity index (χ0v) is 10.7. The monoisotopic (exact) mass is 243 g/mol. The Morgan fingerprint density at radius 2 is 2.00 bits per heavy atom. The first-order valence-electron chi connectivity index (χ1n) is 5.18. The van der Waals surface area contributed by atoms with Crippen LogP contribution in [0, 0.1) is 6.92 Å². The number of benzene rings is 1. The van der Waals surface area contributed by atoms with Gasteiger partial charge in [-0.3, -0.25) is 0 Å². The molecule has 0 fully saturated rings. The van der Waals surface area contributed by atoms with Crippen molar-refractivity contribution in [3.63, 3.8) is 0 Å². The molecule has 0 spiro atoms. The molecule has 4 heteroatoms. The van der Waals surface area contributed by atoms with Crippen molar-refractivity contribution in [2.45, 2.75) is 19.8 Å². The summed E-state index contributed by atoms with van der Waals surface area (Å²) in [5.74, 6) is 0. The van der Waals surface area contributed by atoms with E-state index in [4.69, 9.17) is 21.1 Å². The van der Waals surface area contributed by atoms with E-state index in [1.165, 1.54) is 0 Å². The Kier molecular flexibility index (Phi) is 5.77. The topological polar surface area (TPSA) is 30.5 Å². The summed E-state index contributed by atoms with van der Waals surface area (Å²) in [4.78, 5) is 0. The van der Waals surface area contributed by atoms with E-state index in [2.05, 4.69) is 11.4 Å². The third-order valence-electron chi connectivity index (χ3n) is 2.40. The summed E-state index contributed by atoms with van der Waals surface area (Å²) in [6.45, 7) is 3.40. The average molecular weight is 244 g/mol. The highest BCUT2D eigenvalue weighted by Gasteiger charge is 2.04. The molecule has 1 aromatic rings. The number of rotatable bonds is 6. The van der Waals surface area contributed by atoms with E-state index in [-0.39, 0.29) is 6.29 Å². The Balaban J connectivity index is 2.40. The van der Waals surface area contributed by atoms with Crippen LogP contribution in [0.5, 0.6) is 0 Å². The van der Waals surface area contributed by atoms with Gasteiger partial charge in [-0.25, -0.2) is 0 Å². The van der Waals surface area contributed by atoms with Crippen LogP contribution in [0.2, 0.25) is 5.02 Å². The van der Waals surface area contributed by atoms with Gasteiger partial charge in [-0.1, -0.05) is 23.7 Å². The second-order valence-electron chi connectivity index (χ2n) is 3.62. The van der Waals surface area contributed by atoms with Gasteiger partial charge in [0.2, 0.25) is 0 Å². The van der Waals surface area contributed by atoms with Gasteiger partial charge in [0.1, 0.15) is 0 Å². The fourth-order valence-electron chi connectivity index (χ4n) is 1.34. The van der Waals surface area contributed by atoms with E-state index in [0.29, 0.717) is 6.54 Å². The lowest BCUT2D eigenvalue weighted by Gasteiger charge is -2.14. The number of ether oxygens (including phenoxy) is 2. The largest absolute Gasteiger partial charge is 0.355 e. The van der Waals surface area contributed by atoms with Crippen molar-refractivity contribution in [3.05, 3.63) is 34.3 Å². The maximum Gasteiger partial charge on any atom is 0.169 e. The Bertz CT molecular complexity index is 327. The highest BCUT2D eigenvalue weighted by Crippen LogP contribution is 2.16. The third-order valence-corrected chi connectivity index (χ3v) is 2.81. The van der Waals surface area contributed by atoms with Crippen molar-refractivity contribution in [2.75, 3.05) is 20.8 Å². The lowest BCUT2D eigenvalue weighted by Crippen LogP contribution is -2.29. The van der Waals surface area contributed by atoms with Crippen molar-refractivity contribution in [1.29, 1.82) is 0 Å². The molecule has 0 unspecified atom stereocenters. The maximum atomic E-state index is 6.03. The van der Waals surface area contributed by atoms with E-state index >= 15 is 0 Å². The van der Waals surface area contributed by atoms with Gasteiger partial charge in [-0.2, -0.15) is 0 Å². The summed E-state index contributed by atoms with van der Waals surface area (Å²) < 4.78 is 10.1. The van der Waals surface area contributed by atoms with Gasteiger partial charge >= 0.3 is 0 Å². The maximum absolute atomic E-state index is 6.03. The number of hydrogen-bond acceptors (Lipinski definition) is 3. The zero-order valence-electron chi connectivity index (χ0n) is 9.92. The summed E-state index contributed by atoms with van der Waals surface area (Å²) >= 11 is 6.03. The Morgan fingerprint density at radius 1 is 1.31 bits per heavy atom. The Labute approximate surface area is 102 Å². The van der Waals surface area contributed by atoms with Crippen molar-refractivity contribution < 1.29 is 9.47 Å². The number of halogens is 1. The molecule has 0 saturated carbocycles. The quantitative estimate of drug-likeness (QED) is 0.778. The van der Waals surface area contributed by atoms with Gasteiger partial charge in [0.25, 0.3) is 0 Å². The normalized spacial score (nSPS) is 11.1. The van der Waals surface area contributed by atoms with Crippen LogP contribution in [0.15, 0.2) is 18.2 Å². The van der Waals surface area contributed by atoms with Crippen LogP contribution in [0.3, 0.4) is 0 Å². The van der Waals surface area contributed by atoms with Crippen LogP contribution in [-0.2, 0) is 16.0 Å². The summed E-state index contributed by atoms with van der Waals surface area (Å²) in [6, 6.07) is 6.05. The first kappa shape index (κ1) is 13.5. The molecule has 1 rings (SSSR count). The summed E-state index contributed by atoms with van der Waals surface area (Å²) in [7, 11) is 3.25. The van der Waals surface area contributed by atoms with E-state index in [0.717, 1.165) is 22.7 Å². The molecule has 0 saturated heterocycles. The Hall–Kier alpha value is -0.610. The van der Waals surface area contributed by atoms with Crippen molar-refractivity contribution in [3.8, 4) is 0 Å². The van der Waals surface area contributed by atoms with Crippen LogP contribution in [-0.4, -0.2) is 27.1 Å². The van der Waals surface area contributed by atoms with Gasteiger partial charge in [0, 0.05) is 32.3 Å². The number of aryl methyl sites for hydroxylation is 1. The lowest BCUT2D eigenvalue weighted by atomic mass is 10.1. The molecule has 90 valence electrons. The van der Waals surface area contributed by atoms with Crippen LogP contribution < -0.4 is 5.32 Å². The van der Waals surface area contributed by atoms with Crippen LogP contribution in [0.4, 0.5) is 0 Å². The number of methoxy groups -OCH3 is 2. The van der Waals surface area contributed by atoms with Crippen molar-refractivity contribution >= 4 is 11.6 Å². The molecule has 0 aromatic heterocycles. The molecule has 1 N–H and O–H groups in total. The molecule has 16 heavy (non-hydrogen) atoms. The smallest absolute Gasteiger partial charge is 0.169 e. The first-order chi connectivity index (χ1) is 7.67. The highest BCUT2D eigenvalue weighted by molar-refractivity contribution is 6.31. The molecular weight excluding hydrogens is 226 g/mol. The average Bonchev–Trinajstić information content (AvgIpc) is 2.29. The summed E-state index contributed by atoms with van der Waals surface area (Å²) in [5, 5.41) is 4.04. The van der Waals surface area contributed by atoms with Crippen LogP contribution in [0.25, 0.3) is 0 Å². The molecule has 0 radical (unpaired) electrons. The third kappa shape index (κ3) is 4.10. The Morgan fingerprint density at radius 3 is 2.56 bits per heavy atom. The highest BCUT2D eigenvalue weighted by atomic mass is 35.5. The van der Waals surface area contributed by atoms with Gasteiger partial charge in [-0.15, -0.1) is 0 Å². The van der Waals surface area contributed by atoms with Gasteiger partial charge in [0.15, 0.2) is 6.29 Å². The molecule has 0 heterocycles. The molecule has 0 amide bonds. The second kappa shape index (κ2) is 6.86. The summed E-state index contributed by atoms with van der Waals surface area (Å²) in [5.41, 5.74) is 2.25. The molecule has 0 aliphatic rings. The minimum Gasteiger partial charge on any atom is -0.355 e. The van der Waals surface area contributed by atoms with E-state index in [1.807, 2.05) is 19.1 Å². The van der Waals surface area contributed by atoms with Gasteiger partial charge < -0.3 is 14.8 Å². The first-order valence-corrected chi connectivity index (χ1v) is 5.56. The molecule has 0 bridgehead atoms. The standard InChI is InChI=1S/C12H18ClNO2/c1-9-4-5-10(6-11(9)13)7-14-8-12(15-2)16-3/h4-6,12,14H,7-8H2,1-3H3. The molecule has 3 nitrogen and oxygen atoms in total. The SMILES string of the molecule is COC(CNCc1ccc(C)c(Cl)c1)OC. The van der Waals surface area contributed by atoms with Gasteiger partial charge in [-0.05, 0) is 24.1 Å². The zero-order chi connectivity index (χ0) is 12.0. The summed E-state index contributed by atoms with van der Waals surface area (Å²) in [6.07, 6.45) is -0.207. The fraction of sp³-hybridized carbons (Fsp3) is 0.500. The number of hydrogen-bond donors (Lipinski definition) is 1. The van der Waals surface area contributed by atoms with Gasteiger partial charge in [0.05, 0.1) is 0 Å². The van der Waals surface area contributed by atoms with Crippen molar-refractivity contribution in [1.82, 2.24) is 5.32 Å². The molecule has 1 aromatic carbocycles. The molecule has 0 atom stereocenters. The van der Waals surface area contributed by atoms with Crippen LogP contribution in [0.1, 0.15) is 11.1 Å².